The van der Waals surface area contributed by atoms with Crippen molar-refractivity contribution in [2.24, 2.45) is 11.8 Å². The second kappa shape index (κ2) is 11.0. The number of aromatic nitrogens is 1. The number of anilines is 1. The lowest BCUT2D eigenvalue weighted by Gasteiger charge is -2.37. The standard InChI is InChI=1S/C25H29BrClN3O3/c26-21-3-1-2-19(15-21)23(32)25(33)30-12-8-18(9-13-30)14-17-6-10-29(11-7-17)22-5-4-20(16-31)24(27)28-22/h1-5,15-18,23,32H,6-14H2. The first-order valence-corrected chi connectivity index (χ1v) is 12.7. The molecule has 2 aliphatic rings. The Morgan fingerprint density at radius 1 is 1.12 bits per heavy atom. The summed E-state index contributed by atoms with van der Waals surface area (Å²) in [6.45, 7) is 3.28. The number of benzene rings is 1. The van der Waals surface area contributed by atoms with Crippen LogP contribution >= 0.6 is 27.5 Å². The molecule has 1 N–H and O–H groups in total. The van der Waals surface area contributed by atoms with Crippen LogP contribution in [0, 0.1) is 11.8 Å². The third-order valence-corrected chi connectivity index (χ3v) is 7.72. The molecule has 1 aromatic heterocycles. The Balaban J connectivity index is 1.22. The molecule has 1 aromatic carbocycles. The summed E-state index contributed by atoms with van der Waals surface area (Å²) in [7, 11) is 0. The summed E-state index contributed by atoms with van der Waals surface area (Å²) >= 11 is 9.48. The first kappa shape index (κ1) is 24.2. The number of piperidine rings is 2. The lowest BCUT2D eigenvalue weighted by atomic mass is 9.82. The van der Waals surface area contributed by atoms with Crippen molar-refractivity contribution in [3.8, 4) is 0 Å². The smallest absolute Gasteiger partial charge is 0.256 e. The van der Waals surface area contributed by atoms with E-state index < -0.39 is 6.10 Å². The first-order chi connectivity index (χ1) is 15.9. The predicted octanol–water partition coefficient (Wildman–Crippen LogP) is 4.89. The van der Waals surface area contributed by atoms with Crippen molar-refractivity contribution in [1.29, 1.82) is 0 Å². The van der Waals surface area contributed by atoms with Gasteiger partial charge >= 0.3 is 0 Å². The van der Waals surface area contributed by atoms with Gasteiger partial charge in [-0.25, -0.2) is 4.98 Å². The van der Waals surface area contributed by atoms with Gasteiger partial charge in [0.2, 0.25) is 0 Å². The number of carbonyl (C=O) groups is 2. The van der Waals surface area contributed by atoms with E-state index in [0.717, 1.165) is 55.3 Å². The zero-order valence-electron chi connectivity index (χ0n) is 18.5. The van der Waals surface area contributed by atoms with Crippen LogP contribution in [0.1, 0.15) is 54.1 Å². The van der Waals surface area contributed by atoms with Crippen molar-refractivity contribution in [2.45, 2.75) is 38.2 Å². The van der Waals surface area contributed by atoms with Gasteiger partial charge in [-0.3, -0.25) is 9.59 Å². The molecule has 0 bridgehead atoms. The molecule has 2 aliphatic heterocycles. The lowest BCUT2D eigenvalue weighted by molar-refractivity contribution is -0.142. The van der Waals surface area contributed by atoms with Gasteiger partial charge in [0.15, 0.2) is 12.4 Å². The highest BCUT2D eigenvalue weighted by Crippen LogP contribution is 2.32. The zero-order chi connectivity index (χ0) is 23.4. The van der Waals surface area contributed by atoms with E-state index in [9.17, 15) is 14.7 Å². The van der Waals surface area contributed by atoms with E-state index >= 15 is 0 Å². The van der Waals surface area contributed by atoms with Crippen LogP contribution in [-0.2, 0) is 4.79 Å². The maximum atomic E-state index is 12.8. The van der Waals surface area contributed by atoms with Crippen LogP contribution in [0.2, 0.25) is 5.15 Å². The van der Waals surface area contributed by atoms with Crippen LogP contribution in [0.5, 0.6) is 0 Å². The second-order valence-electron chi connectivity index (χ2n) is 9.06. The monoisotopic (exact) mass is 533 g/mol. The van der Waals surface area contributed by atoms with E-state index in [4.69, 9.17) is 11.6 Å². The Bertz CT molecular complexity index is 989. The molecular formula is C25H29BrClN3O3. The molecule has 8 heteroatoms. The number of likely N-dealkylation sites (tertiary alicyclic amines) is 1. The number of hydrogen-bond acceptors (Lipinski definition) is 5. The molecule has 3 heterocycles. The maximum Gasteiger partial charge on any atom is 0.256 e. The molecule has 0 spiro atoms. The van der Waals surface area contributed by atoms with Crippen LogP contribution in [0.4, 0.5) is 5.82 Å². The van der Waals surface area contributed by atoms with E-state index in [1.54, 1.807) is 18.2 Å². The number of aliphatic hydroxyl groups is 1. The average molecular weight is 535 g/mol. The van der Waals surface area contributed by atoms with E-state index in [2.05, 4.69) is 25.8 Å². The molecule has 176 valence electrons. The number of nitrogens with zero attached hydrogens (tertiary/aromatic N) is 3. The number of carbonyl (C=O) groups excluding carboxylic acids is 2. The molecule has 33 heavy (non-hydrogen) atoms. The van der Waals surface area contributed by atoms with Gasteiger partial charge in [0.25, 0.3) is 5.91 Å². The molecule has 1 atom stereocenters. The summed E-state index contributed by atoms with van der Waals surface area (Å²) in [5.74, 6) is 1.92. The third kappa shape index (κ3) is 5.94. The van der Waals surface area contributed by atoms with Crippen molar-refractivity contribution in [1.82, 2.24) is 9.88 Å². The highest BCUT2D eigenvalue weighted by atomic mass is 79.9. The number of hydrogen-bond donors (Lipinski definition) is 1. The molecule has 1 amide bonds. The topological polar surface area (TPSA) is 73.7 Å². The van der Waals surface area contributed by atoms with E-state index in [0.29, 0.717) is 36.1 Å². The molecular weight excluding hydrogens is 506 g/mol. The van der Waals surface area contributed by atoms with Gasteiger partial charge < -0.3 is 14.9 Å². The average Bonchev–Trinajstić information content (AvgIpc) is 2.84. The highest BCUT2D eigenvalue weighted by molar-refractivity contribution is 9.10. The number of rotatable bonds is 6. The summed E-state index contributed by atoms with van der Waals surface area (Å²) in [4.78, 5) is 32.1. The van der Waals surface area contributed by atoms with Gasteiger partial charge in [-0.05, 0) is 73.8 Å². The number of halogens is 2. The molecule has 2 fully saturated rings. The van der Waals surface area contributed by atoms with Crippen molar-refractivity contribution in [3.63, 3.8) is 0 Å². The Kier molecular flexibility index (Phi) is 8.04. The summed E-state index contributed by atoms with van der Waals surface area (Å²) in [6.07, 6.45) is 4.99. The van der Waals surface area contributed by atoms with Gasteiger partial charge in [-0.15, -0.1) is 0 Å². The Morgan fingerprint density at radius 2 is 1.79 bits per heavy atom. The number of pyridine rings is 1. The number of aldehydes is 1. The summed E-state index contributed by atoms with van der Waals surface area (Å²) < 4.78 is 0.855. The minimum absolute atomic E-state index is 0.202. The summed E-state index contributed by atoms with van der Waals surface area (Å²) in [5, 5.41) is 10.8. The summed E-state index contributed by atoms with van der Waals surface area (Å²) in [6, 6.07) is 10.9. The SMILES string of the molecule is O=Cc1ccc(N2CCC(CC3CCN(C(=O)C(O)c4cccc(Br)c4)CC3)CC2)nc1Cl. The molecule has 0 radical (unpaired) electrons. The molecule has 0 saturated carbocycles. The van der Waals surface area contributed by atoms with E-state index in [-0.39, 0.29) is 11.1 Å². The van der Waals surface area contributed by atoms with Crippen molar-refractivity contribution >= 4 is 45.5 Å². The fraction of sp³-hybridized carbons (Fsp3) is 0.480. The molecule has 0 aliphatic carbocycles. The van der Waals surface area contributed by atoms with Crippen molar-refractivity contribution < 1.29 is 14.7 Å². The van der Waals surface area contributed by atoms with Crippen LogP contribution < -0.4 is 4.90 Å². The largest absolute Gasteiger partial charge is 0.378 e. The van der Waals surface area contributed by atoms with Crippen LogP contribution in [0.3, 0.4) is 0 Å². The first-order valence-electron chi connectivity index (χ1n) is 11.5. The minimum Gasteiger partial charge on any atom is -0.378 e. The highest BCUT2D eigenvalue weighted by Gasteiger charge is 2.30. The zero-order valence-corrected chi connectivity index (χ0v) is 20.8. The molecule has 2 saturated heterocycles. The number of amides is 1. The molecule has 1 unspecified atom stereocenters. The van der Waals surface area contributed by atoms with E-state index in [1.165, 1.54) is 6.42 Å². The third-order valence-electron chi connectivity index (χ3n) is 6.92. The number of aliphatic hydroxyl groups excluding tert-OH is 1. The van der Waals surface area contributed by atoms with Crippen LogP contribution in [-0.4, -0.2) is 53.4 Å². The Morgan fingerprint density at radius 3 is 2.39 bits per heavy atom. The Labute approximate surface area is 208 Å². The molecule has 4 rings (SSSR count). The second-order valence-corrected chi connectivity index (χ2v) is 10.3. The quantitative estimate of drug-likeness (QED) is 0.422. The van der Waals surface area contributed by atoms with Crippen molar-refractivity contribution in [3.05, 3.63) is 57.2 Å². The van der Waals surface area contributed by atoms with Gasteiger partial charge in [0.05, 0.1) is 5.56 Å². The van der Waals surface area contributed by atoms with Crippen LogP contribution in [0.25, 0.3) is 0 Å². The van der Waals surface area contributed by atoms with Gasteiger partial charge in [0.1, 0.15) is 11.0 Å². The minimum atomic E-state index is -1.11. The maximum absolute atomic E-state index is 12.8. The molecule has 6 nitrogen and oxygen atoms in total. The fourth-order valence-electron chi connectivity index (χ4n) is 4.95. The van der Waals surface area contributed by atoms with Gasteiger partial charge in [0, 0.05) is 30.7 Å². The fourth-order valence-corrected chi connectivity index (χ4v) is 5.56. The van der Waals surface area contributed by atoms with Crippen molar-refractivity contribution in [2.75, 3.05) is 31.1 Å². The predicted molar refractivity (Wildman–Crippen MR) is 133 cm³/mol. The van der Waals surface area contributed by atoms with Gasteiger partial charge in [-0.1, -0.05) is 39.7 Å². The molecule has 2 aromatic rings. The van der Waals surface area contributed by atoms with E-state index in [1.807, 2.05) is 23.1 Å². The normalized spacial score (nSPS) is 18.9. The lowest BCUT2D eigenvalue weighted by Crippen LogP contribution is -2.42. The summed E-state index contributed by atoms with van der Waals surface area (Å²) in [5.41, 5.74) is 1.05. The Hall–Kier alpha value is -1.96. The van der Waals surface area contributed by atoms with Crippen LogP contribution in [0.15, 0.2) is 40.9 Å². The van der Waals surface area contributed by atoms with Gasteiger partial charge in [-0.2, -0.15) is 0 Å².